The second kappa shape index (κ2) is 4.17. The molecular formula is C10H19NO3. The summed E-state index contributed by atoms with van der Waals surface area (Å²) in [6.07, 6.45) is 0.994. The van der Waals surface area contributed by atoms with Crippen LogP contribution in [-0.2, 0) is 9.47 Å². The number of ether oxygens (including phenoxy) is 2. The maximum absolute atomic E-state index is 11.5. The standard InChI is InChI=1S/C10H19NO3/c1-10(2,3)14-9(12)11(4)6-5-8-7-13-8/h8H,5-7H2,1-4H3/t8-/m0/s1. The van der Waals surface area contributed by atoms with Crippen LogP contribution in [0.25, 0.3) is 0 Å². The van der Waals surface area contributed by atoms with E-state index in [-0.39, 0.29) is 6.09 Å². The molecule has 1 heterocycles. The highest BCUT2D eigenvalue weighted by Gasteiger charge is 2.25. The second-order valence-electron chi connectivity index (χ2n) is 4.65. The van der Waals surface area contributed by atoms with Crippen LogP contribution in [0, 0.1) is 0 Å². The molecule has 1 fully saturated rings. The lowest BCUT2D eigenvalue weighted by Gasteiger charge is -2.24. The Morgan fingerprint density at radius 1 is 1.57 bits per heavy atom. The first-order valence-corrected chi connectivity index (χ1v) is 4.94. The van der Waals surface area contributed by atoms with E-state index in [1.165, 1.54) is 0 Å². The molecule has 0 unspecified atom stereocenters. The number of nitrogens with zero attached hydrogens (tertiary/aromatic N) is 1. The van der Waals surface area contributed by atoms with E-state index in [1.807, 2.05) is 20.8 Å². The summed E-state index contributed by atoms with van der Waals surface area (Å²) in [6, 6.07) is 0. The van der Waals surface area contributed by atoms with Gasteiger partial charge >= 0.3 is 6.09 Å². The van der Waals surface area contributed by atoms with Gasteiger partial charge in [-0.25, -0.2) is 4.79 Å². The van der Waals surface area contributed by atoms with Crippen molar-refractivity contribution in [1.82, 2.24) is 4.90 Å². The summed E-state index contributed by atoms with van der Waals surface area (Å²) in [7, 11) is 1.75. The summed E-state index contributed by atoms with van der Waals surface area (Å²) < 4.78 is 10.3. The molecule has 1 aliphatic heterocycles. The van der Waals surface area contributed by atoms with Crippen molar-refractivity contribution in [2.24, 2.45) is 0 Å². The third-order valence-corrected chi connectivity index (χ3v) is 1.89. The topological polar surface area (TPSA) is 42.1 Å². The van der Waals surface area contributed by atoms with Gasteiger partial charge in [0.2, 0.25) is 0 Å². The molecule has 0 radical (unpaired) electrons. The van der Waals surface area contributed by atoms with Gasteiger partial charge in [0, 0.05) is 13.6 Å². The molecule has 82 valence electrons. The van der Waals surface area contributed by atoms with Crippen molar-refractivity contribution >= 4 is 6.09 Å². The second-order valence-corrected chi connectivity index (χ2v) is 4.65. The number of hydrogen-bond acceptors (Lipinski definition) is 3. The molecule has 0 saturated carbocycles. The smallest absolute Gasteiger partial charge is 0.410 e. The number of carbonyl (C=O) groups excluding carboxylic acids is 1. The first-order valence-electron chi connectivity index (χ1n) is 4.94. The Balaban J connectivity index is 2.20. The highest BCUT2D eigenvalue weighted by Crippen LogP contribution is 2.14. The summed E-state index contributed by atoms with van der Waals surface area (Å²) in [5.74, 6) is 0. The lowest BCUT2D eigenvalue weighted by atomic mass is 10.2. The maximum Gasteiger partial charge on any atom is 0.410 e. The molecule has 14 heavy (non-hydrogen) atoms. The molecule has 4 heteroatoms. The van der Waals surface area contributed by atoms with E-state index in [9.17, 15) is 4.79 Å². The molecule has 0 bridgehead atoms. The fourth-order valence-electron chi connectivity index (χ4n) is 1.00. The van der Waals surface area contributed by atoms with E-state index in [0.29, 0.717) is 12.6 Å². The minimum Gasteiger partial charge on any atom is -0.444 e. The van der Waals surface area contributed by atoms with E-state index in [0.717, 1.165) is 13.0 Å². The zero-order valence-corrected chi connectivity index (χ0v) is 9.37. The van der Waals surface area contributed by atoms with Crippen LogP contribution in [-0.4, -0.2) is 42.9 Å². The zero-order valence-electron chi connectivity index (χ0n) is 9.37. The minimum atomic E-state index is -0.415. The Kier molecular flexibility index (Phi) is 3.37. The normalized spacial score (nSPS) is 20.4. The van der Waals surface area contributed by atoms with Crippen LogP contribution < -0.4 is 0 Å². The molecule has 1 rings (SSSR count). The van der Waals surface area contributed by atoms with Crippen molar-refractivity contribution < 1.29 is 14.3 Å². The van der Waals surface area contributed by atoms with Gasteiger partial charge in [0.15, 0.2) is 0 Å². The summed E-state index contributed by atoms with van der Waals surface area (Å²) in [6.45, 7) is 7.12. The van der Waals surface area contributed by atoms with Gasteiger partial charge < -0.3 is 14.4 Å². The Morgan fingerprint density at radius 2 is 2.14 bits per heavy atom. The van der Waals surface area contributed by atoms with Crippen LogP contribution in [0.1, 0.15) is 27.2 Å². The maximum atomic E-state index is 11.5. The number of hydrogen-bond donors (Lipinski definition) is 0. The molecule has 4 nitrogen and oxygen atoms in total. The number of rotatable bonds is 3. The van der Waals surface area contributed by atoms with E-state index < -0.39 is 5.60 Å². The molecule has 0 spiro atoms. The van der Waals surface area contributed by atoms with Gasteiger partial charge in [0.1, 0.15) is 5.60 Å². The van der Waals surface area contributed by atoms with Gasteiger partial charge in [-0.3, -0.25) is 0 Å². The molecule has 0 N–H and O–H groups in total. The van der Waals surface area contributed by atoms with E-state index in [1.54, 1.807) is 11.9 Å². The first kappa shape index (κ1) is 11.3. The quantitative estimate of drug-likeness (QED) is 0.652. The molecule has 1 aliphatic rings. The third-order valence-electron chi connectivity index (χ3n) is 1.89. The highest BCUT2D eigenvalue weighted by atomic mass is 16.6. The molecule has 0 aromatic rings. The van der Waals surface area contributed by atoms with Gasteiger partial charge in [-0.2, -0.15) is 0 Å². The van der Waals surface area contributed by atoms with E-state index in [4.69, 9.17) is 9.47 Å². The van der Waals surface area contributed by atoms with Crippen molar-refractivity contribution in [3.8, 4) is 0 Å². The van der Waals surface area contributed by atoms with E-state index in [2.05, 4.69) is 0 Å². The SMILES string of the molecule is CN(CC[C@H]1CO1)C(=O)OC(C)(C)C. The molecule has 0 aromatic carbocycles. The van der Waals surface area contributed by atoms with Gasteiger partial charge in [-0.15, -0.1) is 0 Å². The van der Waals surface area contributed by atoms with Crippen LogP contribution in [0.2, 0.25) is 0 Å². The Bertz CT molecular complexity index is 206. The fourth-order valence-corrected chi connectivity index (χ4v) is 1.00. The molecule has 0 aliphatic carbocycles. The summed E-state index contributed by atoms with van der Waals surface area (Å²) in [5.41, 5.74) is -0.415. The van der Waals surface area contributed by atoms with Gasteiger partial charge in [0.25, 0.3) is 0 Å². The Morgan fingerprint density at radius 3 is 2.57 bits per heavy atom. The molecule has 1 atom stereocenters. The van der Waals surface area contributed by atoms with Crippen LogP contribution >= 0.6 is 0 Å². The fraction of sp³-hybridized carbons (Fsp3) is 0.900. The largest absolute Gasteiger partial charge is 0.444 e. The predicted molar refractivity (Wildman–Crippen MR) is 53.2 cm³/mol. The molecular weight excluding hydrogens is 182 g/mol. The van der Waals surface area contributed by atoms with Crippen molar-refractivity contribution in [3.63, 3.8) is 0 Å². The van der Waals surface area contributed by atoms with Gasteiger partial charge in [-0.1, -0.05) is 0 Å². The highest BCUT2D eigenvalue weighted by molar-refractivity contribution is 5.67. The number of carbonyl (C=O) groups is 1. The predicted octanol–water partition coefficient (Wildman–Crippen LogP) is 1.64. The van der Waals surface area contributed by atoms with Crippen LogP contribution in [0.3, 0.4) is 0 Å². The molecule has 1 saturated heterocycles. The third kappa shape index (κ3) is 4.46. The van der Waals surface area contributed by atoms with Gasteiger partial charge in [0.05, 0.1) is 12.7 Å². The van der Waals surface area contributed by atoms with Crippen LogP contribution in [0.4, 0.5) is 4.79 Å². The van der Waals surface area contributed by atoms with Gasteiger partial charge in [-0.05, 0) is 27.2 Å². The lowest BCUT2D eigenvalue weighted by molar-refractivity contribution is 0.0294. The van der Waals surface area contributed by atoms with Crippen molar-refractivity contribution in [3.05, 3.63) is 0 Å². The zero-order chi connectivity index (χ0) is 10.8. The lowest BCUT2D eigenvalue weighted by Crippen LogP contribution is -2.35. The summed E-state index contributed by atoms with van der Waals surface area (Å²) in [5, 5.41) is 0. The molecule has 1 amide bonds. The van der Waals surface area contributed by atoms with E-state index >= 15 is 0 Å². The van der Waals surface area contributed by atoms with Crippen molar-refractivity contribution in [2.75, 3.05) is 20.2 Å². The Hall–Kier alpha value is -0.770. The Labute approximate surface area is 85.2 Å². The van der Waals surface area contributed by atoms with Crippen molar-refractivity contribution in [2.45, 2.75) is 38.9 Å². The first-order chi connectivity index (χ1) is 6.38. The number of amides is 1. The summed E-state index contributed by atoms with van der Waals surface area (Å²) in [4.78, 5) is 13.0. The van der Waals surface area contributed by atoms with Crippen LogP contribution in [0.15, 0.2) is 0 Å². The monoisotopic (exact) mass is 201 g/mol. The van der Waals surface area contributed by atoms with Crippen molar-refractivity contribution in [1.29, 1.82) is 0 Å². The number of epoxide rings is 1. The molecule has 0 aromatic heterocycles. The summed E-state index contributed by atoms with van der Waals surface area (Å²) >= 11 is 0. The van der Waals surface area contributed by atoms with Crippen LogP contribution in [0.5, 0.6) is 0 Å². The average molecular weight is 201 g/mol. The minimum absolute atomic E-state index is 0.266. The average Bonchev–Trinajstić information content (AvgIpc) is 2.79.